The van der Waals surface area contributed by atoms with E-state index in [1.54, 1.807) is 13.8 Å². The number of nitrogens with one attached hydrogen (secondary N) is 1. The molecule has 1 aliphatic rings. The molecule has 0 saturated carbocycles. The molecule has 7 nitrogen and oxygen atoms in total. The van der Waals surface area contributed by atoms with Gasteiger partial charge in [0.2, 0.25) is 15.9 Å². The van der Waals surface area contributed by atoms with E-state index in [0.29, 0.717) is 5.02 Å². The molecule has 0 radical (unpaired) electrons. The fourth-order valence-electron chi connectivity index (χ4n) is 3.09. The first-order chi connectivity index (χ1) is 13.2. The Hall–Kier alpha value is -1.81. The molecular weight excluding hydrogens is 459 g/mol. The normalized spacial score (nSPS) is 18.1. The van der Waals surface area contributed by atoms with Crippen LogP contribution in [0.5, 0.6) is 0 Å². The van der Waals surface area contributed by atoms with E-state index in [9.17, 15) is 21.6 Å². The van der Waals surface area contributed by atoms with Crippen molar-refractivity contribution in [3.05, 3.63) is 52.0 Å². The van der Waals surface area contributed by atoms with Crippen LogP contribution in [0, 0.1) is 12.3 Å². The van der Waals surface area contributed by atoms with Crippen molar-refractivity contribution in [3.8, 4) is 0 Å². The summed E-state index contributed by atoms with van der Waals surface area (Å²) in [7, 11) is -7.85. The summed E-state index contributed by atoms with van der Waals surface area (Å²) in [5, 5.41) is 0.490. The highest BCUT2D eigenvalue weighted by atomic mass is 35.5. The molecule has 1 saturated heterocycles. The van der Waals surface area contributed by atoms with Gasteiger partial charge in [-0.15, -0.1) is 0 Å². The van der Waals surface area contributed by atoms with Crippen LogP contribution in [0.1, 0.15) is 19.4 Å². The number of carbonyl (C=O) groups excluding carboxylic acids is 1. The number of nitrogens with zero attached hydrogens (tertiary/aromatic N) is 1. The summed E-state index contributed by atoms with van der Waals surface area (Å²) >= 11 is 11.8. The van der Waals surface area contributed by atoms with Gasteiger partial charge in [-0.2, -0.15) is 0 Å². The van der Waals surface area contributed by atoms with Gasteiger partial charge in [0.15, 0.2) is 0 Å². The Kier molecular flexibility index (Phi) is 5.40. The predicted octanol–water partition coefficient (Wildman–Crippen LogP) is 3.81. The number of carbonyl (C=O) groups is 1. The minimum atomic E-state index is -4.02. The molecule has 0 unspecified atom stereocenters. The summed E-state index contributed by atoms with van der Waals surface area (Å²) in [5.41, 5.74) is -0.530. The third-order valence-corrected chi connectivity index (χ3v) is 8.54. The Balaban J connectivity index is 1.98. The van der Waals surface area contributed by atoms with Gasteiger partial charge in [-0.05, 0) is 62.7 Å². The average Bonchev–Trinajstić information content (AvgIpc) is 2.72. The average molecular weight is 477 g/mol. The smallest absolute Gasteiger partial charge is 0.262 e. The maximum Gasteiger partial charge on any atom is 0.262 e. The summed E-state index contributed by atoms with van der Waals surface area (Å²) in [6, 6.07) is 8.24. The van der Waals surface area contributed by atoms with Crippen LogP contribution >= 0.6 is 23.2 Å². The SMILES string of the molecule is Cc1cc(N2C(=O)C(C)(C)CS2(=O)=O)ccc1S(=O)(=O)Nc1ccc(Cl)cc1Cl. The second-order valence-electron chi connectivity index (χ2n) is 7.39. The standard InChI is InChI=1S/C18H18Cl2N2O5S2/c1-11-8-13(22-17(23)18(2,3)10-28(22,24)25)5-7-16(11)29(26,27)21-15-6-4-12(19)9-14(15)20/h4-9,21H,10H2,1-3H3. The third kappa shape index (κ3) is 4.09. The zero-order chi connectivity index (χ0) is 21.8. The van der Waals surface area contributed by atoms with E-state index in [0.717, 1.165) is 4.31 Å². The summed E-state index contributed by atoms with van der Waals surface area (Å²) in [6.07, 6.45) is 0. The van der Waals surface area contributed by atoms with Crippen LogP contribution < -0.4 is 9.03 Å². The van der Waals surface area contributed by atoms with Crippen molar-refractivity contribution in [2.75, 3.05) is 14.8 Å². The first kappa shape index (κ1) is 21.9. The molecule has 2 aromatic rings. The lowest BCUT2D eigenvalue weighted by atomic mass is 9.95. The highest BCUT2D eigenvalue weighted by molar-refractivity contribution is 7.94. The zero-order valence-corrected chi connectivity index (χ0v) is 18.9. The zero-order valence-electron chi connectivity index (χ0n) is 15.7. The molecule has 1 fully saturated rings. The van der Waals surface area contributed by atoms with Crippen molar-refractivity contribution < 1.29 is 21.6 Å². The predicted molar refractivity (Wildman–Crippen MR) is 114 cm³/mol. The van der Waals surface area contributed by atoms with Crippen LogP contribution in [0.4, 0.5) is 11.4 Å². The van der Waals surface area contributed by atoms with Gasteiger partial charge in [-0.25, -0.2) is 21.1 Å². The Bertz CT molecular complexity index is 1220. The Morgan fingerprint density at radius 2 is 1.76 bits per heavy atom. The minimum Gasteiger partial charge on any atom is -0.278 e. The van der Waals surface area contributed by atoms with Crippen LogP contribution in [0.25, 0.3) is 0 Å². The summed E-state index contributed by atoms with van der Waals surface area (Å²) in [5.74, 6) is -0.868. The monoisotopic (exact) mass is 476 g/mol. The van der Waals surface area contributed by atoms with Gasteiger partial charge < -0.3 is 0 Å². The number of hydrogen-bond acceptors (Lipinski definition) is 5. The van der Waals surface area contributed by atoms with Crippen LogP contribution in [0.3, 0.4) is 0 Å². The molecule has 0 aliphatic carbocycles. The topological polar surface area (TPSA) is 101 Å². The van der Waals surface area contributed by atoms with Gasteiger partial charge in [-0.3, -0.25) is 9.52 Å². The molecule has 1 N–H and O–H groups in total. The number of hydrogen-bond donors (Lipinski definition) is 1. The maximum atomic E-state index is 12.8. The first-order valence-corrected chi connectivity index (χ1v) is 12.3. The molecule has 2 aromatic carbocycles. The largest absolute Gasteiger partial charge is 0.278 e. The maximum absolute atomic E-state index is 12.8. The highest BCUT2D eigenvalue weighted by Gasteiger charge is 2.50. The van der Waals surface area contributed by atoms with Gasteiger partial charge in [-0.1, -0.05) is 23.2 Å². The number of amides is 1. The van der Waals surface area contributed by atoms with E-state index in [4.69, 9.17) is 23.2 Å². The second kappa shape index (κ2) is 7.16. The second-order valence-corrected chi connectivity index (χ2v) is 11.7. The van der Waals surface area contributed by atoms with Crippen molar-refractivity contribution in [3.63, 3.8) is 0 Å². The van der Waals surface area contributed by atoms with E-state index in [2.05, 4.69) is 4.72 Å². The lowest BCUT2D eigenvalue weighted by Crippen LogP contribution is -2.33. The van der Waals surface area contributed by atoms with E-state index in [1.165, 1.54) is 43.3 Å². The lowest BCUT2D eigenvalue weighted by Gasteiger charge is -2.19. The van der Waals surface area contributed by atoms with Gasteiger partial charge >= 0.3 is 0 Å². The lowest BCUT2D eigenvalue weighted by molar-refractivity contribution is -0.123. The number of sulfonamides is 2. The minimum absolute atomic E-state index is 0.0735. The molecule has 3 rings (SSSR count). The van der Waals surface area contributed by atoms with Crippen LogP contribution in [-0.4, -0.2) is 28.5 Å². The molecule has 0 aromatic heterocycles. The van der Waals surface area contributed by atoms with E-state index in [-0.39, 0.29) is 32.6 Å². The Morgan fingerprint density at radius 1 is 1.10 bits per heavy atom. The van der Waals surface area contributed by atoms with Crippen molar-refractivity contribution in [2.45, 2.75) is 25.7 Å². The molecule has 29 heavy (non-hydrogen) atoms. The van der Waals surface area contributed by atoms with Crippen LogP contribution in [0.2, 0.25) is 10.0 Å². The van der Waals surface area contributed by atoms with E-state index >= 15 is 0 Å². The van der Waals surface area contributed by atoms with Crippen LogP contribution in [-0.2, 0) is 24.8 Å². The van der Waals surface area contributed by atoms with Gasteiger partial charge in [0.1, 0.15) is 0 Å². The molecule has 156 valence electrons. The molecule has 0 atom stereocenters. The fourth-order valence-corrected chi connectivity index (χ4v) is 7.01. The molecule has 1 aliphatic heterocycles. The summed E-state index contributed by atoms with van der Waals surface area (Å²) in [6.45, 7) is 4.62. The summed E-state index contributed by atoms with van der Waals surface area (Å²) in [4.78, 5) is 12.5. The molecule has 0 spiro atoms. The van der Waals surface area contributed by atoms with Gasteiger partial charge in [0, 0.05) is 5.02 Å². The number of anilines is 2. The number of aryl methyl sites for hydroxylation is 1. The van der Waals surface area contributed by atoms with E-state index < -0.39 is 31.4 Å². The fraction of sp³-hybridized carbons (Fsp3) is 0.278. The van der Waals surface area contributed by atoms with Gasteiger partial charge in [0.25, 0.3) is 10.0 Å². The summed E-state index contributed by atoms with van der Waals surface area (Å²) < 4.78 is 53.6. The van der Waals surface area contributed by atoms with Crippen molar-refractivity contribution >= 4 is 60.5 Å². The Labute approximate surface area is 179 Å². The Morgan fingerprint density at radius 3 is 2.28 bits per heavy atom. The number of benzene rings is 2. The molecule has 11 heteroatoms. The number of halogens is 2. The van der Waals surface area contributed by atoms with Crippen molar-refractivity contribution in [2.24, 2.45) is 5.41 Å². The van der Waals surface area contributed by atoms with E-state index in [1.807, 2.05) is 0 Å². The molecule has 0 bridgehead atoms. The number of rotatable bonds is 4. The van der Waals surface area contributed by atoms with Gasteiger partial charge in [0.05, 0.1) is 32.5 Å². The van der Waals surface area contributed by atoms with Crippen molar-refractivity contribution in [1.29, 1.82) is 0 Å². The molecular formula is C18H18Cl2N2O5S2. The highest BCUT2D eigenvalue weighted by Crippen LogP contribution is 2.37. The molecule has 1 heterocycles. The van der Waals surface area contributed by atoms with Crippen LogP contribution in [0.15, 0.2) is 41.3 Å². The quantitative estimate of drug-likeness (QED) is 0.722. The first-order valence-electron chi connectivity index (χ1n) is 8.41. The molecule has 1 amide bonds. The third-order valence-electron chi connectivity index (χ3n) is 4.44. The van der Waals surface area contributed by atoms with Crippen molar-refractivity contribution in [1.82, 2.24) is 0 Å².